The SMILES string of the molecule is Cl.NC(=O)C1=CC=CC=NO1. The van der Waals surface area contributed by atoms with Crippen molar-refractivity contribution in [1.82, 2.24) is 0 Å². The average Bonchev–Trinajstić information content (AvgIpc) is 2.12. The quantitative estimate of drug-likeness (QED) is 0.624. The van der Waals surface area contributed by atoms with E-state index in [1.807, 2.05) is 0 Å². The van der Waals surface area contributed by atoms with Gasteiger partial charge >= 0.3 is 0 Å². The van der Waals surface area contributed by atoms with Gasteiger partial charge in [0.1, 0.15) is 0 Å². The molecule has 1 aliphatic heterocycles. The molecular formula is C6H7ClN2O2. The van der Waals surface area contributed by atoms with Crippen molar-refractivity contribution >= 4 is 24.5 Å². The fraction of sp³-hybridized carbons (Fsp3) is 0. The lowest BCUT2D eigenvalue weighted by molar-refractivity contribution is -0.117. The molecule has 0 saturated carbocycles. The first kappa shape index (κ1) is 9.71. The Morgan fingerprint density at radius 3 is 2.91 bits per heavy atom. The first-order valence-corrected chi connectivity index (χ1v) is 2.68. The van der Waals surface area contributed by atoms with E-state index in [-0.39, 0.29) is 18.2 Å². The van der Waals surface area contributed by atoms with Crippen LogP contribution in [0.3, 0.4) is 0 Å². The Morgan fingerprint density at radius 1 is 1.55 bits per heavy atom. The molecule has 11 heavy (non-hydrogen) atoms. The van der Waals surface area contributed by atoms with Crippen LogP contribution in [0.2, 0.25) is 0 Å². The molecule has 0 aromatic rings. The Morgan fingerprint density at radius 2 is 2.27 bits per heavy atom. The molecule has 2 N–H and O–H groups in total. The van der Waals surface area contributed by atoms with E-state index in [1.54, 1.807) is 12.2 Å². The lowest BCUT2D eigenvalue weighted by Gasteiger charge is -1.94. The number of amides is 1. The van der Waals surface area contributed by atoms with E-state index in [9.17, 15) is 4.79 Å². The van der Waals surface area contributed by atoms with Crippen LogP contribution < -0.4 is 5.73 Å². The monoisotopic (exact) mass is 174 g/mol. The van der Waals surface area contributed by atoms with Crippen LogP contribution >= 0.6 is 12.4 Å². The van der Waals surface area contributed by atoms with Crippen LogP contribution in [-0.2, 0) is 9.63 Å². The molecule has 0 radical (unpaired) electrons. The van der Waals surface area contributed by atoms with Crippen LogP contribution in [0.1, 0.15) is 0 Å². The van der Waals surface area contributed by atoms with E-state index in [0.29, 0.717) is 0 Å². The summed E-state index contributed by atoms with van der Waals surface area (Å²) in [5, 5.41) is 3.39. The number of nitrogens with two attached hydrogens (primary N) is 1. The Balaban J connectivity index is 0.000001000. The van der Waals surface area contributed by atoms with Crippen LogP contribution in [0.5, 0.6) is 0 Å². The number of allylic oxidation sites excluding steroid dienone is 3. The molecule has 1 rings (SSSR count). The number of nitrogens with zero attached hydrogens (tertiary/aromatic N) is 1. The van der Waals surface area contributed by atoms with Crippen molar-refractivity contribution in [3.05, 3.63) is 24.0 Å². The molecule has 60 valence electrons. The minimum Gasteiger partial charge on any atom is -0.363 e. The minimum absolute atomic E-state index is 0. The summed E-state index contributed by atoms with van der Waals surface area (Å²) in [5.41, 5.74) is 4.90. The fourth-order valence-corrected chi connectivity index (χ4v) is 0.473. The lowest BCUT2D eigenvalue weighted by Crippen LogP contribution is -2.14. The van der Waals surface area contributed by atoms with E-state index in [4.69, 9.17) is 5.73 Å². The second-order valence-corrected chi connectivity index (χ2v) is 1.63. The first-order valence-electron chi connectivity index (χ1n) is 2.68. The zero-order chi connectivity index (χ0) is 7.40. The molecule has 4 nitrogen and oxygen atoms in total. The summed E-state index contributed by atoms with van der Waals surface area (Å²) in [5.74, 6) is -0.575. The Labute approximate surface area is 69.8 Å². The molecule has 1 aliphatic rings. The van der Waals surface area contributed by atoms with Gasteiger partial charge in [-0.25, -0.2) is 0 Å². The molecule has 1 heterocycles. The summed E-state index contributed by atoms with van der Waals surface area (Å²) in [6.45, 7) is 0. The normalized spacial score (nSPS) is 14.0. The van der Waals surface area contributed by atoms with Gasteiger partial charge in [-0.2, -0.15) is 0 Å². The van der Waals surface area contributed by atoms with E-state index in [1.165, 1.54) is 12.3 Å². The number of carbonyl (C=O) groups is 1. The predicted octanol–water partition coefficient (Wildman–Crippen LogP) is 0.350. The number of halogens is 1. The summed E-state index contributed by atoms with van der Waals surface area (Å²) in [6, 6.07) is 0. The van der Waals surface area contributed by atoms with Crippen LogP contribution in [0, 0.1) is 0 Å². The van der Waals surface area contributed by atoms with Crippen LogP contribution in [-0.4, -0.2) is 12.1 Å². The van der Waals surface area contributed by atoms with Gasteiger partial charge in [-0.05, 0) is 12.2 Å². The second kappa shape index (κ2) is 4.51. The van der Waals surface area contributed by atoms with Crippen molar-refractivity contribution in [1.29, 1.82) is 0 Å². The smallest absolute Gasteiger partial charge is 0.287 e. The zero-order valence-electron chi connectivity index (χ0n) is 5.56. The maximum Gasteiger partial charge on any atom is 0.287 e. The number of oxime groups is 1. The van der Waals surface area contributed by atoms with Gasteiger partial charge in [0.2, 0.25) is 5.76 Å². The number of primary amides is 1. The van der Waals surface area contributed by atoms with Gasteiger partial charge in [-0.1, -0.05) is 11.2 Å². The van der Waals surface area contributed by atoms with Crippen molar-refractivity contribution in [3.8, 4) is 0 Å². The van der Waals surface area contributed by atoms with E-state index < -0.39 is 5.91 Å². The van der Waals surface area contributed by atoms with Gasteiger partial charge in [0.15, 0.2) is 0 Å². The van der Waals surface area contributed by atoms with Crippen molar-refractivity contribution in [2.75, 3.05) is 0 Å². The Bertz CT molecular complexity index is 233. The zero-order valence-corrected chi connectivity index (χ0v) is 6.38. The van der Waals surface area contributed by atoms with Gasteiger partial charge in [0.05, 0.1) is 6.21 Å². The summed E-state index contributed by atoms with van der Waals surface area (Å²) in [4.78, 5) is 15.0. The van der Waals surface area contributed by atoms with Crippen molar-refractivity contribution in [3.63, 3.8) is 0 Å². The van der Waals surface area contributed by atoms with E-state index in [2.05, 4.69) is 9.99 Å². The third-order valence-corrected chi connectivity index (χ3v) is 0.900. The standard InChI is InChI=1S/C6H6N2O2.ClH/c7-6(9)5-3-1-2-4-8-10-5;/h1-4H,(H2,7,9);1H. The summed E-state index contributed by atoms with van der Waals surface area (Å²) in [6.07, 6.45) is 6.13. The van der Waals surface area contributed by atoms with Gasteiger partial charge in [-0.15, -0.1) is 12.4 Å². The van der Waals surface area contributed by atoms with Crippen molar-refractivity contribution in [2.45, 2.75) is 0 Å². The highest BCUT2D eigenvalue weighted by atomic mass is 35.5. The molecule has 0 unspecified atom stereocenters. The highest BCUT2D eigenvalue weighted by Crippen LogP contribution is 1.99. The maximum absolute atomic E-state index is 10.4. The lowest BCUT2D eigenvalue weighted by atomic mass is 10.4. The molecule has 0 fully saturated rings. The third kappa shape index (κ3) is 2.86. The van der Waals surface area contributed by atoms with Crippen LogP contribution in [0.15, 0.2) is 29.1 Å². The van der Waals surface area contributed by atoms with Crippen molar-refractivity contribution in [2.24, 2.45) is 10.9 Å². The van der Waals surface area contributed by atoms with Crippen LogP contribution in [0.25, 0.3) is 0 Å². The molecular weight excluding hydrogens is 168 g/mol. The number of hydrogen-bond donors (Lipinski definition) is 1. The van der Waals surface area contributed by atoms with E-state index >= 15 is 0 Å². The number of carbonyl (C=O) groups excluding carboxylic acids is 1. The molecule has 0 aromatic carbocycles. The molecule has 0 bridgehead atoms. The van der Waals surface area contributed by atoms with Gasteiger partial charge in [-0.3, -0.25) is 4.79 Å². The topological polar surface area (TPSA) is 64.7 Å². The summed E-state index contributed by atoms with van der Waals surface area (Å²) >= 11 is 0. The summed E-state index contributed by atoms with van der Waals surface area (Å²) < 4.78 is 0. The third-order valence-electron chi connectivity index (χ3n) is 0.900. The Hall–Kier alpha value is -1.29. The minimum atomic E-state index is -0.622. The molecule has 0 atom stereocenters. The molecule has 5 heteroatoms. The van der Waals surface area contributed by atoms with Crippen molar-refractivity contribution < 1.29 is 9.63 Å². The molecule has 0 aliphatic carbocycles. The molecule has 1 amide bonds. The second-order valence-electron chi connectivity index (χ2n) is 1.63. The average molecular weight is 175 g/mol. The molecule has 0 saturated heterocycles. The van der Waals surface area contributed by atoms with Gasteiger partial charge in [0, 0.05) is 0 Å². The number of rotatable bonds is 1. The van der Waals surface area contributed by atoms with E-state index in [0.717, 1.165) is 0 Å². The highest BCUT2D eigenvalue weighted by molar-refractivity contribution is 5.90. The maximum atomic E-state index is 10.4. The number of hydrogen-bond acceptors (Lipinski definition) is 3. The molecule has 0 spiro atoms. The molecule has 0 aromatic heterocycles. The van der Waals surface area contributed by atoms with Gasteiger partial charge < -0.3 is 10.6 Å². The van der Waals surface area contributed by atoms with Crippen LogP contribution in [0.4, 0.5) is 0 Å². The Kier molecular flexibility index (Phi) is 3.98. The predicted molar refractivity (Wildman–Crippen MR) is 43.2 cm³/mol. The summed E-state index contributed by atoms with van der Waals surface area (Å²) in [7, 11) is 0. The fourth-order valence-electron chi connectivity index (χ4n) is 0.473. The van der Waals surface area contributed by atoms with Gasteiger partial charge in [0.25, 0.3) is 5.91 Å². The first-order chi connectivity index (χ1) is 4.80. The largest absolute Gasteiger partial charge is 0.363 e. The highest BCUT2D eigenvalue weighted by Gasteiger charge is 2.04.